The zero-order valence-corrected chi connectivity index (χ0v) is 9.92. The number of carboxylic acid groups (broad SMARTS) is 1. The molecule has 0 aliphatic carbocycles. The Morgan fingerprint density at radius 1 is 1.56 bits per heavy atom. The second-order valence-electron chi connectivity index (χ2n) is 3.50. The molecule has 3 N–H and O–H groups in total. The summed E-state index contributed by atoms with van der Waals surface area (Å²) in [7, 11) is 1.45. The number of nitrogen functional groups attached to an aromatic ring is 1. The first kappa shape index (κ1) is 13.6. The molecule has 6 nitrogen and oxygen atoms in total. The summed E-state index contributed by atoms with van der Waals surface area (Å²) >= 11 is 0. The zero-order chi connectivity index (χ0) is 13.7. The Kier molecular flexibility index (Phi) is 4.31. The van der Waals surface area contributed by atoms with Crippen molar-refractivity contribution in [2.24, 2.45) is 0 Å². The van der Waals surface area contributed by atoms with Crippen LogP contribution in [-0.4, -0.2) is 30.8 Å². The second-order valence-corrected chi connectivity index (χ2v) is 3.50. The lowest BCUT2D eigenvalue weighted by molar-refractivity contribution is 0.0697. The number of hydrogen-bond acceptors (Lipinski definition) is 4. The van der Waals surface area contributed by atoms with E-state index < -0.39 is 12.1 Å². The van der Waals surface area contributed by atoms with Crippen molar-refractivity contribution in [3.05, 3.63) is 36.4 Å². The Labute approximate surface area is 104 Å². The number of hydrogen-bond donors (Lipinski definition) is 2. The Morgan fingerprint density at radius 2 is 2.22 bits per heavy atom. The third kappa shape index (κ3) is 3.00. The SMILES string of the molecule is C=CCOC(=O)N(C)c1cc(C(=O)O)ccc1N. The van der Waals surface area contributed by atoms with E-state index in [0.29, 0.717) is 0 Å². The third-order valence-corrected chi connectivity index (χ3v) is 2.24. The molecule has 0 bridgehead atoms. The molecule has 0 unspecified atom stereocenters. The number of carbonyl (C=O) groups is 2. The number of carbonyl (C=O) groups excluding carboxylic acids is 1. The Balaban J connectivity index is 3.00. The highest BCUT2D eigenvalue weighted by Gasteiger charge is 2.16. The van der Waals surface area contributed by atoms with Crippen LogP contribution < -0.4 is 10.6 Å². The fourth-order valence-electron chi connectivity index (χ4n) is 1.29. The van der Waals surface area contributed by atoms with Gasteiger partial charge in [0, 0.05) is 7.05 Å². The molecular formula is C12H14N2O4. The molecule has 0 atom stereocenters. The van der Waals surface area contributed by atoms with Gasteiger partial charge in [0.15, 0.2) is 0 Å². The molecule has 0 heterocycles. The molecule has 0 aliphatic rings. The normalized spacial score (nSPS) is 9.61. The zero-order valence-electron chi connectivity index (χ0n) is 9.92. The lowest BCUT2D eigenvalue weighted by Gasteiger charge is -2.18. The fourth-order valence-corrected chi connectivity index (χ4v) is 1.29. The average Bonchev–Trinajstić information content (AvgIpc) is 2.35. The van der Waals surface area contributed by atoms with Crippen molar-refractivity contribution in [2.45, 2.75) is 0 Å². The van der Waals surface area contributed by atoms with E-state index in [-0.39, 0.29) is 23.5 Å². The number of nitrogens with two attached hydrogens (primary N) is 1. The first-order valence-corrected chi connectivity index (χ1v) is 5.11. The standard InChI is InChI=1S/C12H14N2O4/c1-3-6-18-12(17)14(2)10-7-8(11(15)16)4-5-9(10)13/h3-5,7H,1,6,13H2,2H3,(H,15,16). The van der Waals surface area contributed by atoms with Gasteiger partial charge in [0.25, 0.3) is 0 Å². The summed E-state index contributed by atoms with van der Waals surface area (Å²) in [4.78, 5) is 23.6. The summed E-state index contributed by atoms with van der Waals surface area (Å²) < 4.78 is 4.83. The van der Waals surface area contributed by atoms with Gasteiger partial charge in [-0.1, -0.05) is 12.7 Å². The van der Waals surface area contributed by atoms with Gasteiger partial charge in [0.2, 0.25) is 0 Å². The van der Waals surface area contributed by atoms with E-state index in [1.165, 1.54) is 31.3 Å². The van der Waals surface area contributed by atoms with E-state index in [9.17, 15) is 9.59 Å². The predicted octanol–water partition coefficient (Wildman–Crippen LogP) is 1.73. The summed E-state index contributed by atoms with van der Waals surface area (Å²) in [5.41, 5.74) is 6.31. The maximum atomic E-state index is 11.6. The van der Waals surface area contributed by atoms with E-state index in [2.05, 4.69) is 6.58 Å². The predicted molar refractivity (Wildman–Crippen MR) is 67.8 cm³/mol. The number of aromatic carboxylic acids is 1. The van der Waals surface area contributed by atoms with Gasteiger partial charge in [-0.15, -0.1) is 0 Å². The number of carboxylic acids is 1. The number of anilines is 2. The van der Waals surface area contributed by atoms with Gasteiger partial charge in [0.05, 0.1) is 16.9 Å². The van der Waals surface area contributed by atoms with Gasteiger partial charge in [-0.05, 0) is 18.2 Å². The average molecular weight is 250 g/mol. The summed E-state index contributed by atoms with van der Waals surface area (Å²) in [5, 5.41) is 8.87. The lowest BCUT2D eigenvalue weighted by Crippen LogP contribution is -2.28. The number of ether oxygens (including phenoxy) is 1. The van der Waals surface area contributed by atoms with E-state index in [1.807, 2.05) is 0 Å². The van der Waals surface area contributed by atoms with Gasteiger partial charge in [0.1, 0.15) is 6.61 Å². The van der Waals surface area contributed by atoms with Crippen LogP contribution in [0, 0.1) is 0 Å². The molecule has 1 rings (SSSR count). The molecule has 0 saturated carbocycles. The van der Waals surface area contributed by atoms with Crippen LogP contribution in [0.15, 0.2) is 30.9 Å². The lowest BCUT2D eigenvalue weighted by atomic mass is 10.1. The number of nitrogens with zero attached hydrogens (tertiary/aromatic N) is 1. The van der Waals surface area contributed by atoms with Gasteiger partial charge >= 0.3 is 12.1 Å². The molecule has 0 saturated heterocycles. The van der Waals surface area contributed by atoms with Gasteiger partial charge in [-0.2, -0.15) is 0 Å². The van der Waals surface area contributed by atoms with Crippen LogP contribution in [0.4, 0.5) is 16.2 Å². The number of benzene rings is 1. The molecule has 96 valence electrons. The van der Waals surface area contributed by atoms with E-state index in [4.69, 9.17) is 15.6 Å². The van der Waals surface area contributed by atoms with Crippen LogP contribution in [0.3, 0.4) is 0 Å². The summed E-state index contributed by atoms with van der Waals surface area (Å²) in [6.45, 7) is 3.49. The molecule has 1 amide bonds. The van der Waals surface area contributed by atoms with Crippen molar-refractivity contribution in [2.75, 3.05) is 24.3 Å². The molecule has 0 fully saturated rings. The molecular weight excluding hydrogens is 236 g/mol. The van der Waals surface area contributed by atoms with Crippen molar-refractivity contribution in [3.8, 4) is 0 Å². The molecule has 1 aromatic rings. The van der Waals surface area contributed by atoms with Crippen molar-refractivity contribution in [3.63, 3.8) is 0 Å². The van der Waals surface area contributed by atoms with Crippen molar-refractivity contribution in [1.82, 2.24) is 0 Å². The fraction of sp³-hybridized carbons (Fsp3) is 0.167. The molecule has 1 aromatic carbocycles. The molecule has 18 heavy (non-hydrogen) atoms. The van der Waals surface area contributed by atoms with Crippen molar-refractivity contribution < 1.29 is 19.4 Å². The van der Waals surface area contributed by atoms with Crippen LogP contribution in [0.5, 0.6) is 0 Å². The second kappa shape index (κ2) is 5.72. The minimum atomic E-state index is -1.09. The smallest absolute Gasteiger partial charge is 0.414 e. The molecule has 0 aliphatic heterocycles. The first-order valence-electron chi connectivity index (χ1n) is 5.11. The maximum Gasteiger partial charge on any atom is 0.414 e. The molecule has 6 heteroatoms. The van der Waals surface area contributed by atoms with E-state index in [0.717, 1.165) is 4.90 Å². The Hall–Kier alpha value is -2.50. The number of amides is 1. The summed E-state index contributed by atoms with van der Waals surface area (Å²) in [5.74, 6) is -1.09. The Bertz CT molecular complexity index is 485. The highest BCUT2D eigenvalue weighted by atomic mass is 16.6. The quantitative estimate of drug-likeness (QED) is 0.627. The van der Waals surface area contributed by atoms with E-state index >= 15 is 0 Å². The highest BCUT2D eigenvalue weighted by Crippen LogP contribution is 2.24. The third-order valence-electron chi connectivity index (χ3n) is 2.24. The van der Waals surface area contributed by atoms with Crippen molar-refractivity contribution in [1.29, 1.82) is 0 Å². The van der Waals surface area contributed by atoms with Gasteiger partial charge in [-0.25, -0.2) is 9.59 Å². The minimum Gasteiger partial charge on any atom is -0.478 e. The maximum absolute atomic E-state index is 11.6. The largest absolute Gasteiger partial charge is 0.478 e. The van der Waals surface area contributed by atoms with Crippen LogP contribution in [0.1, 0.15) is 10.4 Å². The van der Waals surface area contributed by atoms with Gasteiger partial charge in [-0.3, -0.25) is 4.90 Å². The topological polar surface area (TPSA) is 92.9 Å². The van der Waals surface area contributed by atoms with E-state index in [1.54, 1.807) is 0 Å². The van der Waals surface area contributed by atoms with Crippen LogP contribution in [-0.2, 0) is 4.74 Å². The molecule has 0 spiro atoms. The summed E-state index contributed by atoms with van der Waals surface area (Å²) in [6.07, 6.45) is 0.798. The summed E-state index contributed by atoms with van der Waals surface area (Å²) in [6, 6.07) is 4.10. The van der Waals surface area contributed by atoms with Crippen LogP contribution >= 0.6 is 0 Å². The van der Waals surface area contributed by atoms with Crippen molar-refractivity contribution >= 4 is 23.4 Å². The van der Waals surface area contributed by atoms with Crippen LogP contribution in [0.2, 0.25) is 0 Å². The first-order chi connectivity index (χ1) is 8.47. The molecule has 0 aromatic heterocycles. The highest BCUT2D eigenvalue weighted by molar-refractivity contribution is 5.95. The minimum absolute atomic E-state index is 0.0440. The monoisotopic (exact) mass is 250 g/mol. The van der Waals surface area contributed by atoms with Gasteiger partial charge < -0.3 is 15.6 Å². The molecule has 0 radical (unpaired) electrons. The van der Waals surface area contributed by atoms with Crippen LogP contribution in [0.25, 0.3) is 0 Å². The number of rotatable bonds is 4. The Morgan fingerprint density at radius 3 is 2.78 bits per heavy atom.